The molecule has 10 nitrogen and oxygen atoms in total. The number of hydrogen-bond donors (Lipinski definition) is 3. The third-order valence-corrected chi connectivity index (χ3v) is 4.48. The van der Waals surface area contributed by atoms with Crippen molar-refractivity contribution >= 4 is 28.3 Å². The fourth-order valence-corrected chi connectivity index (χ4v) is 3.10. The fourth-order valence-electron chi connectivity index (χ4n) is 3.10. The van der Waals surface area contributed by atoms with E-state index in [1.54, 1.807) is 23.0 Å². The first-order chi connectivity index (χ1) is 12.6. The topological polar surface area (TPSA) is 131 Å². The second kappa shape index (κ2) is 6.56. The summed E-state index contributed by atoms with van der Waals surface area (Å²) < 4.78 is 1.80. The van der Waals surface area contributed by atoms with E-state index in [-0.39, 0.29) is 23.2 Å². The SMILES string of the molecule is O=C(Nc1n[nH]c2ccc([N+](=O)[O-])cc12)c1ccn(C2CCCNC2)n1. The van der Waals surface area contributed by atoms with Crippen molar-refractivity contribution in [2.75, 3.05) is 18.4 Å². The minimum absolute atomic E-state index is 0.0662. The molecule has 10 heteroatoms. The number of anilines is 1. The summed E-state index contributed by atoms with van der Waals surface area (Å²) in [6.07, 6.45) is 3.88. The molecule has 0 radical (unpaired) electrons. The Labute approximate surface area is 147 Å². The van der Waals surface area contributed by atoms with Crippen molar-refractivity contribution in [3.63, 3.8) is 0 Å². The number of nitro groups is 1. The van der Waals surface area contributed by atoms with Crippen LogP contribution in [0.5, 0.6) is 0 Å². The molecule has 1 aliphatic heterocycles. The van der Waals surface area contributed by atoms with Gasteiger partial charge in [-0.25, -0.2) is 0 Å². The predicted molar refractivity (Wildman–Crippen MR) is 94.1 cm³/mol. The van der Waals surface area contributed by atoms with Crippen molar-refractivity contribution in [2.24, 2.45) is 0 Å². The maximum Gasteiger partial charge on any atom is 0.277 e. The summed E-state index contributed by atoms with van der Waals surface area (Å²) in [6.45, 7) is 1.83. The van der Waals surface area contributed by atoms with Crippen LogP contribution in [0.1, 0.15) is 29.4 Å². The van der Waals surface area contributed by atoms with Crippen molar-refractivity contribution in [3.05, 3.63) is 46.3 Å². The Bertz CT molecular complexity index is 971. The van der Waals surface area contributed by atoms with Gasteiger partial charge in [-0.15, -0.1) is 0 Å². The number of nitrogens with one attached hydrogen (secondary N) is 3. The molecule has 3 N–H and O–H groups in total. The normalized spacial score (nSPS) is 17.3. The molecule has 1 unspecified atom stereocenters. The Hall–Kier alpha value is -3.27. The number of carbonyl (C=O) groups is 1. The van der Waals surface area contributed by atoms with Crippen molar-refractivity contribution in [2.45, 2.75) is 18.9 Å². The van der Waals surface area contributed by atoms with Crippen LogP contribution < -0.4 is 10.6 Å². The first-order valence-electron chi connectivity index (χ1n) is 8.31. The highest BCUT2D eigenvalue weighted by Crippen LogP contribution is 2.25. The van der Waals surface area contributed by atoms with Gasteiger partial charge in [0.05, 0.1) is 21.9 Å². The van der Waals surface area contributed by atoms with Crippen LogP contribution in [-0.2, 0) is 0 Å². The smallest absolute Gasteiger partial charge is 0.277 e. The molecule has 134 valence electrons. The zero-order valence-corrected chi connectivity index (χ0v) is 13.8. The molecule has 0 saturated carbocycles. The zero-order chi connectivity index (χ0) is 18.1. The molecule has 26 heavy (non-hydrogen) atoms. The van der Waals surface area contributed by atoms with Crippen LogP contribution in [0.25, 0.3) is 10.9 Å². The number of aromatic amines is 1. The van der Waals surface area contributed by atoms with E-state index in [0.717, 1.165) is 25.9 Å². The number of carbonyl (C=O) groups excluding carboxylic acids is 1. The molecular weight excluding hydrogens is 338 g/mol. The van der Waals surface area contributed by atoms with Crippen LogP contribution in [0.3, 0.4) is 0 Å². The van der Waals surface area contributed by atoms with Crippen molar-refractivity contribution < 1.29 is 9.72 Å². The third kappa shape index (κ3) is 3.02. The zero-order valence-electron chi connectivity index (χ0n) is 13.8. The third-order valence-electron chi connectivity index (χ3n) is 4.48. The van der Waals surface area contributed by atoms with Gasteiger partial charge in [0.1, 0.15) is 0 Å². The van der Waals surface area contributed by atoms with Crippen LogP contribution in [0.2, 0.25) is 0 Å². The molecule has 1 fully saturated rings. The number of non-ortho nitro benzene ring substituents is 1. The van der Waals surface area contributed by atoms with Gasteiger partial charge in [0, 0.05) is 24.9 Å². The van der Waals surface area contributed by atoms with Gasteiger partial charge in [-0.3, -0.25) is 24.7 Å². The lowest BCUT2D eigenvalue weighted by molar-refractivity contribution is -0.384. The molecule has 1 saturated heterocycles. The Balaban J connectivity index is 1.54. The predicted octanol–water partition coefficient (Wildman–Crippen LogP) is 1.84. The molecule has 2 aromatic heterocycles. The van der Waals surface area contributed by atoms with Crippen LogP contribution in [0.15, 0.2) is 30.5 Å². The van der Waals surface area contributed by atoms with Gasteiger partial charge in [0.2, 0.25) is 0 Å². The fraction of sp³-hybridized carbons (Fsp3) is 0.312. The molecule has 1 atom stereocenters. The Morgan fingerprint density at radius 2 is 2.27 bits per heavy atom. The lowest BCUT2D eigenvalue weighted by Crippen LogP contribution is -2.32. The summed E-state index contributed by atoms with van der Waals surface area (Å²) >= 11 is 0. The van der Waals surface area contributed by atoms with Gasteiger partial charge in [-0.05, 0) is 31.5 Å². The molecule has 3 heterocycles. The van der Waals surface area contributed by atoms with E-state index >= 15 is 0 Å². The van der Waals surface area contributed by atoms with Gasteiger partial charge in [-0.1, -0.05) is 0 Å². The second-order valence-corrected chi connectivity index (χ2v) is 6.19. The molecule has 0 spiro atoms. The summed E-state index contributed by atoms with van der Waals surface area (Å²) in [5.74, 6) is -0.171. The van der Waals surface area contributed by atoms with Crippen LogP contribution >= 0.6 is 0 Å². The first kappa shape index (κ1) is 16.2. The monoisotopic (exact) mass is 355 g/mol. The average Bonchev–Trinajstić information content (AvgIpc) is 3.30. The van der Waals surface area contributed by atoms with Crippen molar-refractivity contribution in [1.82, 2.24) is 25.3 Å². The highest BCUT2D eigenvalue weighted by atomic mass is 16.6. The Morgan fingerprint density at radius 3 is 3.04 bits per heavy atom. The highest BCUT2D eigenvalue weighted by Gasteiger charge is 2.19. The van der Waals surface area contributed by atoms with E-state index in [9.17, 15) is 14.9 Å². The number of nitrogens with zero attached hydrogens (tertiary/aromatic N) is 4. The lowest BCUT2D eigenvalue weighted by Gasteiger charge is -2.22. The van der Waals surface area contributed by atoms with Crippen molar-refractivity contribution in [3.8, 4) is 0 Å². The van der Waals surface area contributed by atoms with E-state index in [2.05, 4.69) is 25.9 Å². The molecule has 0 aliphatic carbocycles. The van der Waals surface area contributed by atoms with E-state index in [1.807, 2.05) is 0 Å². The van der Waals surface area contributed by atoms with Gasteiger partial charge in [0.25, 0.3) is 11.6 Å². The highest BCUT2D eigenvalue weighted by molar-refractivity contribution is 6.07. The van der Waals surface area contributed by atoms with E-state index in [0.29, 0.717) is 10.9 Å². The summed E-state index contributed by atoms with van der Waals surface area (Å²) in [4.78, 5) is 22.9. The quantitative estimate of drug-likeness (QED) is 0.483. The number of rotatable bonds is 4. The second-order valence-electron chi connectivity index (χ2n) is 6.19. The molecular formula is C16H17N7O3. The molecule has 1 amide bonds. The summed E-state index contributed by atoms with van der Waals surface area (Å²) in [7, 11) is 0. The maximum absolute atomic E-state index is 12.5. The number of piperidine rings is 1. The largest absolute Gasteiger partial charge is 0.315 e. The lowest BCUT2D eigenvalue weighted by atomic mass is 10.1. The molecule has 0 bridgehead atoms. The molecule has 3 aromatic rings. The van der Waals surface area contributed by atoms with Gasteiger partial charge in [0.15, 0.2) is 11.5 Å². The Kier molecular flexibility index (Phi) is 4.09. The summed E-state index contributed by atoms with van der Waals surface area (Å²) in [6, 6.07) is 6.20. The minimum Gasteiger partial charge on any atom is -0.315 e. The number of aromatic nitrogens is 4. The average molecular weight is 355 g/mol. The van der Waals surface area contributed by atoms with Crippen LogP contribution in [-0.4, -0.2) is 43.9 Å². The number of hydrogen-bond acceptors (Lipinski definition) is 6. The van der Waals surface area contributed by atoms with Crippen LogP contribution in [0.4, 0.5) is 11.5 Å². The van der Waals surface area contributed by atoms with Gasteiger partial charge in [-0.2, -0.15) is 10.2 Å². The van der Waals surface area contributed by atoms with E-state index < -0.39 is 10.8 Å². The number of benzene rings is 1. The van der Waals surface area contributed by atoms with Crippen LogP contribution in [0, 0.1) is 10.1 Å². The molecule has 4 rings (SSSR count). The summed E-state index contributed by atoms with van der Waals surface area (Å²) in [5.41, 5.74) is 0.810. The molecule has 1 aromatic carbocycles. The van der Waals surface area contributed by atoms with Gasteiger partial charge >= 0.3 is 0 Å². The van der Waals surface area contributed by atoms with E-state index in [4.69, 9.17) is 0 Å². The molecule has 1 aliphatic rings. The minimum atomic E-state index is -0.488. The number of H-pyrrole nitrogens is 1. The number of fused-ring (bicyclic) bond motifs is 1. The first-order valence-corrected chi connectivity index (χ1v) is 8.31. The van der Waals surface area contributed by atoms with E-state index in [1.165, 1.54) is 12.1 Å². The standard InChI is InChI=1S/C16H17N7O3/c24-16(14-5-7-22(21-14)11-2-1-6-17-9-11)18-15-12-8-10(23(25)26)3-4-13(12)19-20-15/h3-5,7-8,11,17H,1-2,6,9H2,(H2,18,19,20,24). The number of amides is 1. The maximum atomic E-state index is 12.5. The van der Waals surface area contributed by atoms with Gasteiger partial charge < -0.3 is 10.6 Å². The summed E-state index contributed by atoms with van der Waals surface area (Å²) in [5, 5.41) is 28.5. The Morgan fingerprint density at radius 1 is 1.38 bits per heavy atom. The number of nitro benzene ring substituents is 1. The van der Waals surface area contributed by atoms with Crippen molar-refractivity contribution in [1.29, 1.82) is 0 Å².